The first kappa shape index (κ1) is 11.8. The highest BCUT2D eigenvalue weighted by Crippen LogP contribution is 2.17. The van der Waals surface area contributed by atoms with Crippen LogP contribution in [0.1, 0.15) is 17.3 Å². The van der Waals surface area contributed by atoms with Crippen molar-refractivity contribution < 1.29 is 4.39 Å². The molecule has 0 spiro atoms. The van der Waals surface area contributed by atoms with E-state index in [2.05, 4.69) is 10.5 Å². The summed E-state index contributed by atoms with van der Waals surface area (Å²) in [5, 5.41) is 4.29. The van der Waals surface area contributed by atoms with Crippen LogP contribution in [0.15, 0.2) is 36.5 Å². The van der Waals surface area contributed by atoms with Crippen LogP contribution in [0.2, 0.25) is 0 Å². The van der Waals surface area contributed by atoms with E-state index in [0.717, 1.165) is 11.3 Å². The molecule has 0 amide bonds. The molecule has 0 aliphatic heterocycles. The van der Waals surface area contributed by atoms with E-state index < -0.39 is 0 Å². The molecule has 0 aliphatic rings. The maximum Gasteiger partial charge on any atom is 0.123 e. The minimum atomic E-state index is -0.248. The van der Waals surface area contributed by atoms with Gasteiger partial charge in [-0.1, -0.05) is 12.1 Å². The molecule has 1 aromatic carbocycles. The molecular formula is C12H15FN4. The summed E-state index contributed by atoms with van der Waals surface area (Å²) in [5.41, 5.74) is 4.61. The minimum Gasteiger partial charge on any atom is -0.276 e. The Morgan fingerprint density at radius 3 is 2.59 bits per heavy atom. The lowest BCUT2D eigenvalue weighted by molar-refractivity contribution is 0.539. The Labute approximate surface area is 99.2 Å². The average molecular weight is 234 g/mol. The van der Waals surface area contributed by atoms with Gasteiger partial charge < -0.3 is 0 Å². The van der Waals surface area contributed by atoms with E-state index in [0.29, 0.717) is 6.42 Å². The second kappa shape index (κ2) is 5.07. The average Bonchev–Trinajstić information content (AvgIpc) is 2.73. The molecule has 1 unspecified atom stereocenters. The first-order chi connectivity index (χ1) is 8.19. The van der Waals surface area contributed by atoms with Gasteiger partial charge in [0.1, 0.15) is 5.82 Å². The first-order valence-electron chi connectivity index (χ1n) is 5.39. The molecule has 2 rings (SSSR count). The summed E-state index contributed by atoms with van der Waals surface area (Å²) >= 11 is 0. The molecule has 2 aromatic rings. The lowest BCUT2D eigenvalue weighted by Gasteiger charge is -2.14. The normalized spacial score (nSPS) is 12.6. The highest BCUT2D eigenvalue weighted by Gasteiger charge is 2.12. The SMILES string of the molecule is Cn1ccc(CC(NN)c2ccc(F)cc2)n1. The number of nitrogens with two attached hydrogens (primary N) is 1. The predicted molar refractivity (Wildman–Crippen MR) is 63.4 cm³/mol. The van der Waals surface area contributed by atoms with Crippen LogP contribution >= 0.6 is 0 Å². The van der Waals surface area contributed by atoms with Crippen LogP contribution in [0.4, 0.5) is 4.39 Å². The number of hydrogen-bond donors (Lipinski definition) is 2. The molecule has 0 saturated carbocycles. The third-order valence-electron chi connectivity index (χ3n) is 2.66. The van der Waals surface area contributed by atoms with Crippen LogP contribution in [0.25, 0.3) is 0 Å². The van der Waals surface area contributed by atoms with Gasteiger partial charge in [-0.2, -0.15) is 5.10 Å². The molecule has 1 heterocycles. The van der Waals surface area contributed by atoms with E-state index in [1.807, 2.05) is 19.3 Å². The number of aryl methyl sites for hydroxylation is 1. The lowest BCUT2D eigenvalue weighted by atomic mass is 10.0. The summed E-state index contributed by atoms with van der Waals surface area (Å²) < 4.78 is 14.6. The summed E-state index contributed by atoms with van der Waals surface area (Å²) in [6, 6.07) is 8.18. The Balaban J connectivity index is 2.13. The van der Waals surface area contributed by atoms with Gasteiger partial charge in [0.15, 0.2) is 0 Å². The molecule has 0 fully saturated rings. The number of benzene rings is 1. The van der Waals surface area contributed by atoms with Gasteiger partial charge in [-0.05, 0) is 23.8 Å². The fraction of sp³-hybridized carbons (Fsp3) is 0.250. The van der Waals surface area contributed by atoms with E-state index in [-0.39, 0.29) is 11.9 Å². The molecule has 1 aromatic heterocycles. The number of halogens is 1. The largest absolute Gasteiger partial charge is 0.276 e. The van der Waals surface area contributed by atoms with Gasteiger partial charge in [0, 0.05) is 19.7 Å². The molecule has 3 N–H and O–H groups in total. The second-order valence-electron chi connectivity index (χ2n) is 3.96. The minimum absolute atomic E-state index is 0.0644. The summed E-state index contributed by atoms with van der Waals surface area (Å²) in [5.74, 6) is 5.27. The molecule has 90 valence electrons. The molecule has 1 atom stereocenters. The molecule has 0 saturated heterocycles. The molecule has 17 heavy (non-hydrogen) atoms. The smallest absolute Gasteiger partial charge is 0.123 e. The van der Waals surface area contributed by atoms with Gasteiger partial charge in [0.2, 0.25) is 0 Å². The zero-order chi connectivity index (χ0) is 12.3. The van der Waals surface area contributed by atoms with Gasteiger partial charge in [0.05, 0.1) is 11.7 Å². The van der Waals surface area contributed by atoms with Crippen molar-refractivity contribution in [3.05, 3.63) is 53.6 Å². The van der Waals surface area contributed by atoms with Crippen LogP contribution in [0.5, 0.6) is 0 Å². The third kappa shape index (κ3) is 2.89. The van der Waals surface area contributed by atoms with E-state index >= 15 is 0 Å². The number of hydrogen-bond acceptors (Lipinski definition) is 3. The monoisotopic (exact) mass is 234 g/mol. The van der Waals surface area contributed by atoms with Gasteiger partial charge in [-0.3, -0.25) is 16.0 Å². The number of aromatic nitrogens is 2. The van der Waals surface area contributed by atoms with Crippen LogP contribution in [-0.4, -0.2) is 9.78 Å². The van der Waals surface area contributed by atoms with Gasteiger partial charge >= 0.3 is 0 Å². The van der Waals surface area contributed by atoms with Crippen molar-refractivity contribution in [3.8, 4) is 0 Å². The van der Waals surface area contributed by atoms with Crippen molar-refractivity contribution in [1.29, 1.82) is 0 Å². The van der Waals surface area contributed by atoms with Gasteiger partial charge in [0.25, 0.3) is 0 Å². The zero-order valence-corrected chi connectivity index (χ0v) is 9.60. The Bertz CT molecular complexity index is 478. The van der Waals surface area contributed by atoms with Crippen LogP contribution in [0, 0.1) is 5.82 Å². The number of nitrogens with zero attached hydrogens (tertiary/aromatic N) is 2. The highest BCUT2D eigenvalue weighted by molar-refractivity contribution is 5.21. The van der Waals surface area contributed by atoms with Crippen LogP contribution < -0.4 is 11.3 Å². The molecule has 0 bridgehead atoms. The third-order valence-corrected chi connectivity index (χ3v) is 2.66. The molecule has 4 nitrogen and oxygen atoms in total. The van der Waals surface area contributed by atoms with Crippen molar-refractivity contribution in [2.45, 2.75) is 12.5 Å². The second-order valence-corrected chi connectivity index (χ2v) is 3.96. The maximum atomic E-state index is 12.8. The fourth-order valence-corrected chi connectivity index (χ4v) is 1.75. The van der Waals surface area contributed by atoms with Gasteiger partial charge in [-0.25, -0.2) is 4.39 Å². The Hall–Kier alpha value is -1.72. The quantitative estimate of drug-likeness (QED) is 0.619. The highest BCUT2D eigenvalue weighted by atomic mass is 19.1. The van der Waals surface area contributed by atoms with E-state index in [1.54, 1.807) is 16.8 Å². The molecular weight excluding hydrogens is 219 g/mol. The van der Waals surface area contributed by atoms with Crippen molar-refractivity contribution in [3.63, 3.8) is 0 Å². The Morgan fingerprint density at radius 1 is 1.35 bits per heavy atom. The lowest BCUT2D eigenvalue weighted by Crippen LogP contribution is -2.29. The van der Waals surface area contributed by atoms with E-state index in [4.69, 9.17) is 5.84 Å². The van der Waals surface area contributed by atoms with Gasteiger partial charge in [-0.15, -0.1) is 0 Å². The zero-order valence-electron chi connectivity index (χ0n) is 9.60. The van der Waals surface area contributed by atoms with Crippen molar-refractivity contribution in [2.75, 3.05) is 0 Å². The van der Waals surface area contributed by atoms with Crippen LogP contribution in [-0.2, 0) is 13.5 Å². The topological polar surface area (TPSA) is 55.9 Å². The molecule has 0 aliphatic carbocycles. The maximum absolute atomic E-state index is 12.8. The summed E-state index contributed by atoms with van der Waals surface area (Å²) in [4.78, 5) is 0. The summed E-state index contributed by atoms with van der Waals surface area (Å²) in [6.45, 7) is 0. The summed E-state index contributed by atoms with van der Waals surface area (Å²) in [6.07, 6.45) is 2.55. The Morgan fingerprint density at radius 2 is 2.06 bits per heavy atom. The number of nitrogens with one attached hydrogen (secondary N) is 1. The van der Waals surface area contributed by atoms with Crippen molar-refractivity contribution >= 4 is 0 Å². The van der Waals surface area contributed by atoms with E-state index in [9.17, 15) is 4.39 Å². The first-order valence-corrected chi connectivity index (χ1v) is 5.39. The predicted octanol–water partition coefficient (Wildman–Crippen LogP) is 1.31. The van der Waals surface area contributed by atoms with Crippen molar-refractivity contribution in [1.82, 2.24) is 15.2 Å². The molecule has 0 radical (unpaired) electrons. The Kier molecular flexibility index (Phi) is 3.51. The molecule has 5 heteroatoms. The standard InChI is InChI=1S/C12H15FN4/c1-17-7-6-11(16-17)8-12(15-14)9-2-4-10(13)5-3-9/h2-7,12,15H,8,14H2,1H3. The van der Waals surface area contributed by atoms with E-state index in [1.165, 1.54) is 12.1 Å². The van der Waals surface area contributed by atoms with Crippen molar-refractivity contribution in [2.24, 2.45) is 12.9 Å². The van der Waals surface area contributed by atoms with Crippen LogP contribution in [0.3, 0.4) is 0 Å². The number of hydrazine groups is 1. The number of rotatable bonds is 4. The summed E-state index contributed by atoms with van der Waals surface area (Å²) in [7, 11) is 1.87. The fourth-order valence-electron chi connectivity index (χ4n) is 1.75.